The first-order valence-corrected chi connectivity index (χ1v) is 13.0. The van der Waals surface area contributed by atoms with E-state index in [0.717, 1.165) is 27.6 Å². The molecule has 0 spiro atoms. The fraction of sp³-hybridized carbons (Fsp3) is 0.296. The van der Waals surface area contributed by atoms with Gasteiger partial charge in [0, 0.05) is 6.54 Å². The van der Waals surface area contributed by atoms with Crippen LogP contribution in [0.4, 0.5) is 10.1 Å². The summed E-state index contributed by atoms with van der Waals surface area (Å²) in [5.41, 5.74) is 2.22. The minimum Gasteiger partial charge on any atom is -0.491 e. The fourth-order valence-electron chi connectivity index (χ4n) is 3.51. The lowest BCUT2D eigenvalue weighted by Crippen LogP contribution is -2.41. The van der Waals surface area contributed by atoms with Gasteiger partial charge < -0.3 is 10.1 Å². The number of ether oxygens (including phenoxy) is 1. The number of hydrogen-bond donors (Lipinski definition) is 1. The standard InChI is InChI=1S/C27H31FN2O4S/c1-20(2)34-25-8-4-6-22(18-25)7-5-17-29-27(31)19-30(24-13-11-23(28)12-14-24)35(32,33)26-15-9-21(3)10-16-26/h4,6,8-16,18,20H,5,7,17,19H2,1-3H3,(H,29,31). The maximum Gasteiger partial charge on any atom is 0.264 e. The predicted octanol–water partition coefficient (Wildman–Crippen LogP) is 4.87. The molecule has 0 aliphatic rings. The van der Waals surface area contributed by atoms with E-state index in [1.807, 2.05) is 45.0 Å². The van der Waals surface area contributed by atoms with Gasteiger partial charge in [-0.25, -0.2) is 12.8 Å². The molecule has 1 N–H and O–H groups in total. The normalized spacial score (nSPS) is 11.3. The number of amides is 1. The van der Waals surface area contributed by atoms with E-state index in [9.17, 15) is 17.6 Å². The Balaban J connectivity index is 1.65. The molecular weight excluding hydrogens is 467 g/mol. The van der Waals surface area contributed by atoms with Gasteiger partial charge in [-0.2, -0.15) is 0 Å². The molecule has 0 unspecified atom stereocenters. The lowest BCUT2D eigenvalue weighted by Gasteiger charge is -2.24. The summed E-state index contributed by atoms with van der Waals surface area (Å²) >= 11 is 0. The van der Waals surface area contributed by atoms with Crippen molar-refractivity contribution in [2.24, 2.45) is 0 Å². The van der Waals surface area contributed by atoms with Gasteiger partial charge in [0.15, 0.2) is 0 Å². The van der Waals surface area contributed by atoms with Crippen LogP contribution in [0, 0.1) is 12.7 Å². The number of nitrogens with one attached hydrogen (secondary N) is 1. The maximum atomic E-state index is 13.5. The van der Waals surface area contributed by atoms with Gasteiger partial charge in [-0.1, -0.05) is 29.8 Å². The summed E-state index contributed by atoms with van der Waals surface area (Å²) in [5, 5.41) is 2.79. The molecule has 1 amide bonds. The zero-order valence-electron chi connectivity index (χ0n) is 20.2. The van der Waals surface area contributed by atoms with Crippen LogP contribution in [-0.2, 0) is 21.2 Å². The number of sulfonamides is 1. The van der Waals surface area contributed by atoms with E-state index in [4.69, 9.17) is 4.74 Å². The Morgan fingerprint density at radius 1 is 1.03 bits per heavy atom. The Kier molecular flexibility index (Phi) is 8.87. The van der Waals surface area contributed by atoms with Gasteiger partial charge in [0.25, 0.3) is 10.0 Å². The zero-order valence-corrected chi connectivity index (χ0v) is 21.0. The largest absolute Gasteiger partial charge is 0.491 e. The van der Waals surface area contributed by atoms with Crippen molar-refractivity contribution in [1.82, 2.24) is 5.32 Å². The molecule has 3 rings (SSSR count). The molecule has 0 aromatic heterocycles. The maximum absolute atomic E-state index is 13.5. The number of nitrogens with zero attached hydrogens (tertiary/aromatic N) is 1. The van der Waals surface area contributed by atoms with E-state index in [0.29, 0.717) is 13.0 Å². The third-order valence-electron chi connectivity index (χ3n) is 5.25. The van der Waals surface area contributed by atoms with Crippen LogP contribution in [0.2, 0.25) is 0 Å². The Hall–Kier alpha value is -3.39. The second kappa shape index (κ2) is 11.8. The number of anilines is 1. The van der Waals surface area contributed by atoms with Gasteiger partial charge in [-0.05, 0) is 87.7 Å². The summed E-state index contributed by atoms with van der Waals surface area (Å²) in [6, 6.07) is 19.2. The first-order valence-electron chi connectivity index (χ1n) is 11.5. The van der Waals surface area contributed by atoms with Crippen molar-refractivity contribution in [2.45, 2.75) is 44.6 Å². The van der Waals surface area contributed by atoms with Gasteiger partial charge >= 0.3 is 0 Å². The van der Waals surface area contributed by atoms with Crippen molar-refractivity contribution in [3.63, 3.8) is 0 Å². The molecule has 0 aliphatic carbocycles. The number of benzene rings is 3. The molecule has 3 aromatic rings. The molecule has 8 heteroatoms. The number of aryl methyl sites for hydroxylation is 2. The number of hydrogen-bond acceptors (Lipinski definition) is 4. The monoisotopic (exact) mass is 498 g/mol. The lowest BCUT2D eigenvalue weighted by molar-refractivity contribution is -0.119. The SMILES string of the molecule is Cc1ccc(S(=O)(=O)N(CC(=O)NCCCc2cccc(OC(C)C)c2)c2ccc(F)cc2)cc1. The van der Waals surface area contributed by atoms with E-state index >= 15 is 0 Å². The van der Waals surface area contributed by atoms with Crippen LogP contribution in [0.15, 0.2) is 77.7 Å². The second-order valence-corrected chi connectivity index (χ2v) is 10.4. The zero-order chi connectivity index (χ0) is 25.4. The first kappa shape index (κ1) is 26.2. The summed E-state index contributed by atoms with van der Waals surface area (Å²) in [7, 11) is -4.03. The van der Waals surface area contributed by atoms with Crippen LogP contribution < -0.4 is 14.4 Å². The highest BCUT2D eigenvalue weighted by Gasteiger charge is 2.27. The Labute approximate surface area is 206 Å². The minimum atomic E-state index is -4.03. The molecule has 186 valence electrons. The average molecular weight is 499 g/mol. The summed E-state index contributed by atoms with van der Waals surface area (Å²) in [4.78, 5) is 12.8. The van der Waals surface area contributed by atoms with Crippen LogP contribution in [-0.4, -0.2) is 33.5 Å². The van der Waals surface area contributed by atoms with Crippen molar-refractivity contribution in [3.8, 4) is 5.75 Å². The molecule has 0 aliphatic heterocycles. The highest BCUT2D eigenvalue weighted by atomic mass is 32.2. The van der Waals surface area contributed by atoms with Crippen molar-refractivity contribution >= 4 is 21.6 Å². The number of carbonyl (C=O) groups is 1. The predicted molar refractivity (Wildman–Crippen MR) is 136 cm³/mol. The molecule has 0 radical (unpaired) electrons. The van der Waals surface area contributed by atoms with Crippen LogP contribution >= 0.6 is 0 Å². The molecule has 0 bridgehead atoms. The van der Waals surface area contributed by atoms with E-state index in [1.165, 1.54) is 36.4 Å². The highest BCUT2D eigenvalue weighted by molar-refractivity contribution is 7.92. The average Bonchev–Trinajstić information content (AvgIpc) is 2.81. The van der Waals surface area contributed by atoms with Gasteiger partial charge in [-0.15, -0.1) is 0 Å². The van der Waals surface area contributed by atoms with Crippen molar-refractivity contribution < 1.29 is 22.3 Å². The van der Waals surface area contributed by atoms with E-state index < -0.39 is 28.3 Å². The summed E-state index contributed by atoms with van der Waals surface area (Å²) in [5.74, 6) is -0.131. The van der Waals surface area contributed by atoms with E-state index in [-0.39, 0.29) is 16.7 Å². The van der Waals surface area contributed by atoms with Crippen LogP contribution in [0.25, 0.3) is 0 Å². The third kappa shape index (κ3) is 7.55. The second-order valence-electron chi connectivity index (χ2n) is 8.57. The van der Waals surface area contributed by atoms with Gasteiger partial charge in [0.05, 0.1) is 16.7 Å². The summed E-state index contributed by atoms with van der Waals surface area (Å²) < 4.78 is 46.8. The third-order valence-corrected chi connectivity index (χ3v) is 7.03. The van der Waals surface area contributed by atoms with Crippen molar-refractivity contribution in [1.29, 1.82) is 0 Å². The summed E-state index contributed by atoms with van der Waals surface area (Å²) in [6.45, 7) is 5.76. The topological polar surface area (TPSA) is 75.7 Å². The molecule has 35 heavy (non-hydrogen) atoms. The van der Waals surface area contributed by atoms with E-state index in [2.05, 4.69) is 5.32 Å². The smallest absolute Gasteiger partial charge is 0.264 e. The lowest BCUT2D eigenvalue weighted by atomic mass is 10.1. The Morgan fingerprint density at radius 3 is 2.37 bits per heavy atom. The first-order chi connectivity index (χ1) is 16.6. The van der Waals surface area contributed by atoms with Crippen LogP contribution in [0.5, 0.6) is 5.75 Å². The highest BCUT2D eigenvalue weighted by Crippen LogP contribution is 2.24. The van der Waals surface area contributed by atoms with E-state index in [1.54, 1.807) is 12.1 Å². The molecule has 0 fully saturated rings. The quantitative estimate of drug-likeness (QED) is 0.383. The van der Waals surface area contributed by atoms with Gasteiger partial charge in [0.2, 0.25) is 5.91 Å². The molecular formula is C27H31FN2O4S. The van der Waals surface area contributed by atoms with Gasteiger partial charge in [0.1, 0.15) is 18.1 Å². The van der Waals surface area contributed by atoms with Crippen LogP contribution in [0.1, 0.15) is 31.4 Å². The van der Waals surface area contributed by atoms with Gasteiger partial charge in [-0.3, -0.25) is 9.10 Å². The number of carbonyl (C=O) groups excluding carboxylic acids is 1. The fourth-order valence-corrected chi connectivity index (χ4v) is 4.93. The number of rotatable bonds is 11. The molecule has 0 heterocycles. The van der Waals surface area contributed by atoms with Crippen molar-refractivity contribution in [3.05, 3.63) is 89.7 Å². The molecule has 0 saturated heterocycles. The van der Waals surface area contributed by atoms with Crippen LogP contribution in [0.3, 0.4) is 0 Å². The Bertz CT molecular complexity index is 1230. The summed E-state index contributed by atoms with van der Waals surface area (Å²) in [6.07, 6.45) is 1.50. The number of halogens is 1. The van der Waals surface area contributed by atoms with Crippen molar-refractivity contribution in [2.75, 3.05) is 17.4 Å². The molecule has 3 aromatic carbocycles. The molecule has 0 atom stereocenters. The molecule has 6 nitrogen and oxygen atoms in total. The Morgan fingerprint density at radius 2 is 1.71 bits per heavy atom. The molecule has 0 saturated carbocycles. The minimum absolute atomic E-state index is 0.0590.